The van der Waals surface area contributed by atoms with E-state index in [0.29, 0.717) is 26.2 Å². The van der Waals surface area contributed by atoms with E-state index in [2.05, 4.69) is 42.7 Å². The van der Waals surface area contributed by atoms with Crippen LogP contribution in [0.25, 0.3) is 11.0 Å². The van der Waals surface area contributed by atoms with E-state index >= 15 is 0 Å². The molecule has 6 heteroatoms. The summed E-state index contributed by atoms with van der Waals surface area (Å²) in [5, 5.41) is 0. The van der Waals surface area contributed by atoms with E-state index in [0.717, 1.165) is 53.4 Å². The summed E-state index contributed by atoms with van der Waals surface area (Å²) < 4.78 is 14.2. The first-order valence-electron chi connectivity index (χ1n) is 13.2. The van der Waals surface area contributed by atoms with Crippen molar-refractivity contribution in [1.82, 2.24) is 9.55 Å². The first kappa shape index (κ1) is 24.9. The molecule has 1 aromatic heterocycles. The standard InChI is InChI=1S/C31H35N3O3/c1-4-36-29-16-8-7-15-27(29)34-21-24(20-30(34)35)31-32-25-13-5-6-14-26(25)33(31)18-9-10-19-37-28-17-11-12-22(2)23(28)3/h5-8,11-17,24H,4,9-10,18-21H2,1-3H3/t24-/m0/s1. The quantitative estimate of drug-likeness (QED) is 0.237. The van der Waals surface area contributed by atoms with Gasteiger partial charge >= 0.3 is 0 Å². The summed E-state index contributed by atoms with van der Waals surface area (Å²) >= 11 is 0. The Labute approximate surface area is 218 Å². The van der Waals surface area contributed by atoms with Crippen molar-refractivity contribution >= 4 is 22.6 Å². The minimum absolute atomic E-state index is 0.0285. The summed E-state index contributed by atoms with van der Waals surface area (Å²) in [5.74, 6) is 2.84. The molecule has 4 aromatic rings. The lowest BCUT2D eigenvalue weighted by Crippen LogP contribution is -2.25. The molecule has 0 aliphatic carbocycles. The largest absolute Gasteiger partial charge is 0.493 e. The number of imidazole rings is 1. The molecule has 1 amide bonds. The van der Waals surface area contributed by atoms with Crippen molar-refractivity contribution in [2.24, 2.45) is 0 Å². The Morgan fingerprint density at radius 3 is 2.57 bits per heavy atom. The second-order valence-electron chi connectivity index (χ2n) is 9.67. The summed E-state index contributed by atoms with van der Waals surface area (Å²) in [4.78, 5) is 20.0. The number of aryl methyl sites for hydroxylation is 2. The molecule has 2 heterocycles. The molecular formula is C31H35N3O3. The Balaban J connectivity index is 1.31. The van der Waals surface area contributed by atoms with E-state index in [1.54, 1.807) is 0 Å². The second-order valence-corrected chi connectivity index (χ2v) is 9.67. The third-order valence-electron chi connectivity index (χ3n) is 7.22. The van der Waals surface area contributed by atoms with Gasteiger partial charge in [0.2, 0.25) is 5.91 Å². The molecule has 3 aromatic carbocycles. The van der Waals surface area contributed by atoms with Crippen molar-refractivity contribution in [3.8, 4) is 11.5 Å². The van der Waals surface area contributed by atoms with Crippen LogP contribution in [0, 0.1) is 13.8 Å². The molecule has 0 unspecified atom stereocenters. The van der Waals surface area contributed by atoms with Crippen molar-refractivity contribution in [3.63, 3.8) is 0 Å². The second kappa shape index (κ2) is 11.1. The molecule has 6 nitrogen and oxygen atoms in total. The highest BCUT2D eigenvalue weighted by Crippen LogP contribution is 2.37. The minimum Gasteiger partial charge on any atom is -0.493 e. The van der Waals surface area contributed by atoms with Crippen LogP contribution < -0.4 is 14.4 Å². The third-order valence-corrected chi connectivity index (χ3v) is 7.22. The first-order valence-corrected chi connectivity index (χ1v) is 13.2. The fourth-order valence-corrected chi connectivity index (χ4v) is 5.15. The van der Waals surface area contributed by atoms with Crippen molar-refractivity contribution in [2.45, 2.75) is 52.5 Å². The highest BCUT2D eigenvalue weighted by molar-refractivity contribution is 5.97. The summed E-state index contributed by atoms with van der Waals surface area (Å²) in [6.45, 7) is 8.85. The van der Waals surface area contributed by atoms with E-state index in [4.69, 9.17) is 14.5 Å². The van der Waals surface area contributed by atoms with Crippen molar-refractivity contribution in [1.29, 1.82) is 0 Å². The van der Waals surface area contributed by atoms with Gasteiger partial charge < -0.3 is 18.9 Å². The number of hydrogen-bond acceptors (Lipinski definition) is 4. The Hall–Kier alpha value is -3.80. The molecule has 0 saturated carbocycles. The number of unbranched alkanes of at least 4 members (excludes halogenated alkanes) is 1. The zero-order valence-corrected chi connectivity index (χ0v) is 21.9. The average molecular weight is 498 g/mol. The fraction of sp³-hybridized carbons (Fsp3) is 0.355. The average Bonchev–Trinajstić information content (AvgIpc) is 3.47. The number of benzene rings is 3. The summed E-state index contributed by atoms with van der Waals surface area (Å²) in [7, 11) is 0. The maximum atomic E-state index is 13.1. The number of para-hydroxylation sites is 4. The first-order chi connectivity index (χ1) is 18.1. The topological polar surface area (TPSA) is 56.6 Å². The van der Waals surface area contributed by atoms with Gasteiger partial charge in [0.15, 0.2) is 0 Å². The molecule has 5 rings (SSSR count). The summed E-state index contributed by atoms with van der Waals surface area (Å²) in [6, 6.07) is 22.2. The predicted octanol–water partition coefficient (Wildman–Crippen LogP) is 6.43. The van der Waals surface area contributed by atoms with Crippen LogP contribution in [0.5, 0.6) is 11.5 Å². The number of carbonyl (C=O) groups is 1. The molecule has 1 saturated heterocycles. The number of carbonyl (C=O) groups excluding carboxylic acids is 1. The molecule has 0 bridgehead atoms. The highest BCUT2D eigenvalue weighted by atomic mass is 16.5. The SMILES string of the molecule is CCOc1ccccc1N1C[C@@H](c2nc3ccccc3n2CCCCOc2cccc(C)c2C)CC1=O. The number of rotatable bonds is 10. The van der Waals surface area contributed by atoms with E-state index in [1.165, 1.54) is 11.1 Å². The molecule has 192 valence electrons. The van der Waals surface area contributed by atoms with Gasteiger partial charge in [-0.3, -0.25) is 4.79 Å². The number of fused-ring (bicyclic) bond motifs is 1. The zero-order chi connectivity index (χ0) is 25.8. The fourth-order valence-electron chi connectivity index (χ4n) is 5.15. The zero-order valence-electron chi connectivity index (χ0n) is 21.9. The molecule has 1 aliphatic rings. The lowest BCUT2D eigenvalue weighted by Gasteiger charge is -2.20. The van der Waals surface area contributed by atoms with Crippen LogP contribution in [0.4, 0.5) is 5.69 Å². The van der Waals surface area contributed by atoms with Crippen LogP contribution in [0.15, 0.2) is 66.7 Å². The van der Waals surface area contributed by atoms with E-state index in [1.807, 2.05) is 54.3 Å². The highest BCUT2D eigenvalue weighted by Gasteiger charge is 2.35. The van der Waals surface area contributed by atoms with Crippen LogP contribution in [0.3, 0.4) is 0 Å². The normalized spacial score (nSPS) is 15.5. The predicted molar refractivity (Wildman–Crippen MR) is 148 cm³/mol. The molecule has 1 aliphatic heterocycles. The van der Waals surface area contributed by atoms with Crippen molar-refractivity contribution in [3.05, 3.63) is 83.7 Å². The van der Waals surface area contributed by atoms with Crippen molar-refractivity contribution < 1.29 is 14.3 Å². The maximum Gasteiger partial charge on any atom is 0.227 e. The number of hydrogen-bond donors (Lipinski definition) is 0. The van der Waals surface area contributed by atoms with Crippen LogP contribution in [-0.2, 0) is 11.3 Å². The molecule has 1 fully saturated rings. The molecule has 0 radical (unpaired) electrons. The third kappa shape index (κ3) is 5.19. The van der Waals surface area contributed by atoms with Crippen LogP contribution >= 0.6 is 0 Å². The summed E-state index contributed by atoms with van der Waals surface area (Å²) in [5.41, 5.74) is 5.38. The number of nitrogens with zero attached hydrogens (tertiary/aromatic N) is 3. The molecule has 37 heavy (non-hydrogen) atoms. The Kier molecular flexibility index (Phi) is 7.45. The number of ether oxygens (including phenoxy) is 2. The van der Waals surface area contributed by atoms with Gasteiger partial charge in [-0.15, -0.1) is 0 Å². The molecule has 0 spiro atoms. The van der Waals surface area contributed by atoms with Gasteiger partial charge in [-0.25, -0.2) is 4.98 Å². The monoisotopic (exact) mass is 497 g/mol. The van der Waals surface area contributed by atoms with Gasteiger partial charge in [0.05, 0.1) is 29.9 Å². The smallest absolute Gasteiger partial charge is 0.227 e. The van der Waals surface area contributed by atoms with E-state index < -0.39 is 0 Å². The summed E-state index contributed by atoms with van der Waals surface area (Å²) in [6.07, 6.45) is 2.35. The number of anilines is 1. The van der Waals surface area contributed by atoms with Crippen LogP contribution in [-0.4, -0.2) is 35.2 Å². The maximum absolute atomic E-state index is 13.1. The van der Waals surface area contributed by atoms with Crippen LogP contribution in [0.1, 0.15) is 49.1 Å². The van der Waals surface area contributed by atoms with Gasteiger partial charge in [-0.2, -0.15) is 0 Å². The molecular weight excluding hydrogens is 462 g/mol. The lowest BCUT2D eigenvalue weighted by atomic mass is 10.1. The minimum atomic E-state index is 0.0285. The Morgan fingerprint density at radius 2 is 1.70 bits per heavy atom. The molecule has 1 atom stereocenters. The Bertz CT molecular complexity index is 1390. The van der Waals surface area contributed by atoms with Gasteiger partial charge in [0.25, 0.3) is 0 Å². The molecule has 0 N–H and O–H groups in total. The van der Waals surface area contributed by atoms with Crippen molar-refractivity contribution in [2.75, 3.05) is 24.7 Å². The lowest BCUT2D eigenvalue weighted by molar-refractivity contribution is -0.117. The van der Waals surface area contributed by atoms with Crippen LogP contribution in [0.2, 0.25) is 0 Å². The van der Waals surface area contributed by atoms with Gasteiger partial charge in [-0.05, 0) is 75.1 Å². The number of amides is 1. The van der Waals surface area contributed by atoms with E-state index in [-0.39, 0.29) is 11.8 Å². The number of aromatic nitrogens is 2. The van der Waals surface area contributed by atoms with Gasteiger partial charge in [0, 0.05) is 25.4 Å². The van der Waals surface area contributed by atoms with Gasteiger partial charge in [-0.1, -0.05) is 36.4 Å². The van der Waals surface area contributed by atoms with Gasteiger partial charge in [0.1, 0.15) is 17.3 Å². The Morgan fingerprint density at radius 1 is 0.919 bits per heavy atom. The van der Waals surface area contributed by atoms with E-state index in [9.17, 15) is 4.79 Å².